The molecule has 0 spiro atoms. The van der Waals surface area contributed by atoms with Crippen LogP contribution in [0.15, 0.2) is 12.4 Å². The molecule has 6 heteroatoms. The summed E-state index contributed by atoms with van der Waals surface area (Å²) in [4.78, 5) is 14.7. The van der Waals surface area contributed by atoms with Crippen LogP contribution in [0.25, 0.3) is 0 Å². The molecule has 0 aromatic carbocycles. The van der Waals surface area contributed by atoms with Crippen LogP contribution in [0.1, 0.15) is 49.4 Å². The molecule has 22 heavy (non-hydrogen) atoms. The van der Waals surface area contributed by atoms with E-state index in [1.165, 1.54) is 12.8 Å². The Morgan fingerprint density at radius 2 is 2.14 bits per heavy atom. The Bertz CT molecular complexity index is 510. The summed E-state index contributed by atoms with van der Waals surface area (Å²) in [5.74, 6) is -0.133. The molecule has 1 aromatic rings. The van der Waals surface area contributed by atoms with Gasteiger partial charge in [-0.2, -0.15) is 5.10 Å². The van der Waals surface area contributed by atoms with Gasteiger partial charge in [0, 0.05) is 18.8 Å². The zero-order chi connectivity index (χ0) is 15.5. The summed E-state index contributed by atoms with van der Waals surface area (Å²) in [6.07, 6.45) is 8.23. The number of hydrogen-bond donors (Lipinski definition) is 2. The van der Waals surface area contributed by atoms with E-state index in [2.05, 4.69) is 15.3 Å². The number of rotatable bonds is 4. The molecular weight excluding hydrogens is 280 g/mol. The second-order valence-electron chi connectivity index (χ2n) is 6.40. The molecule has 0 bridgehead atoms. The van der Waals surface area contributed by atoms with Crippen LogP contribution in [-0.4, -0.2) is 57.0 Å². The zero-order valence-corrected chi connectivity index (χ0v) is 13.2. The third-order valence-corrected chi connectivity index (χ3v) is 4.97. The molecular formula is C16H26N4O2. The number of aliphatic hydroxyl groups excluding tert-OH is 1. The summed E-state index contributed by atoms with van der Waals surface area (Å²) in [7, 11) is 0. The highest BCUT2D eigenvalue weighted by molar-refractivity contribution is 5.93. The molecule has 2 aliphatic rings. The van der Waals surface area contributed by atoms with Gasteiger partial charge in [0.25, 0.3) is 5.91 Å². The van der Waals surface area contributed by atoms with Crippen LogP contribution in [0.2, 0.25) is 0 Å². The lowest BCUT2D eigenvalue weighted by molar-refractivity contribution is 0.00704. The van der Waals surface area contributed by atoms with Gasteiger partial charge in [0.2, 0.25) is 0 Å². The lowest BCUT2D eigenvalue weighted by atomic mass is 9.87. The van der Waals surface area contributed by atoms with Crippen molar-refractivity contribution >= 4 is 5.91 Å². The quantitative estimate of drug-likeness (QED) is 0.871. The fourth-order valence-electron chi connectivity index (χ4n) is 3.69. The van der Waals surface area contributed by atoms with E-state index in [-0.39, 0.29) is 18.0 Å². The van der Waals surface area contributed by atoms with E-state index < -0.39 is 6.10 Å². The number of hydrogen-bond acceptors (Lipinski definition) is 4. The second-order valence-corrected chi connectivity index (χ2v) is 6.40. The van der Waals surface area contributed by atoms with E-state index in [9.17, 15) is 9.90 Å². The predicted molar refractivity (Wildman–Crippen MR) is 83.6 cm³/mol. The highest BCUT2D eigenvalue weighted by Gasteiger charge is 2.37. The second kappa shape index (κ2) is 6.79. The Labute approximate surface area is 131 Å². The third-order valence-electron chi connectivity index (χ3n) is 4.97. The Kier molecular flexibility index (Phi) is 4.78. The molecule has 1 saturated carbocycles. The number of amides is 1. The van der Waals surface area contributed by atoms with Gasteiger partial charge in [-0.25, -0.2) is 0 Å². The van der Waals surface area contributed by atoms with Crippen molar-refractivity contribution in [2.24, 2.45) is 0 Å². The molecule has 0 radical (unpaired) electrons. The van der Waals surface area contributed by atoms with Gasteiger partial charge in [0.05, 0.1) is 23.9 Å². The number of likely N-dealkylation sites (tertiary alicyclic amines) is 1. The van der Waals surface area contributed by atoms with Crippen LogP contribution in [0.5, 0.6) is 0 Å². The maximum absolute atomic E-state index is 12.3. The van der Waals surface area contributed by atoms with E-state index >= 15 is 0 Å². The van der Waals surface area contributed by atoms with Gasteiger partial charge in [-0.05, 0) is 52.1 Å². The minimum absolute atomic E-state index is 0.133. The minimum Gasteiger partial charge on any atom is -0.389 e. The molecule has 1 aliphatic heterocycles. The van der Waals surface area contributed by atoms with E-state index in [0.29, 0.717) is 5.56 Å². The highest BCUT2D eigenvalue weighted by atomic mass is 16.3. The van der Waals surface area contributed by atoms with Crippen LogP contribution >= 0.6 is 0 Å². The van der Waals surface area contributed by atoms with Crippen molar-refractivity contribution in [1.82, 2.24) is 20.0 Å². The SMILES string of the molecule is CCn1cc(C(=O)N[C@@H]2CCC[C@@H](N3CCCC3)[C@@H]2O)cn1. The first-order valence-electron chi connectivity index (χ1n) is 8.44. The number of carbonyl (C=O) groups excluding carboxylic acids is 1. The molecule has 3 atom stereocenters. The van der Waals surface area contributed by atoms with Gasteiger partial charge in [-0.1, -0.05) is 0 Å². The number of carbonyl (C=O) groups is 1. The van der Waals surface area contributed by atoms with Gasteiger partial charge in [0.1, 0.15) is 0 Å². The first-order valence-corrected chi connectivity index (χ1v) is 8.44. The molecule has 0 unspecified atom stereocenters. The molecule has 2 N–H and O–H groups in total. The Hall–Kier alpha value is -1.40. The monoisotopic (exact) mass is 306 g/mol. The zero-order valence-electron chi connectivity index (χ0n) is 13.2. The van der Waals surface area contributed by atoms with Gasteiger partial charge in [-0.15, -0.1) is 0 Å². The van der Waals surface area contributed by atoms with Gasteiger partial charge < -0.3 is 10.4 Å². The maximum atomic E-state index is 12.3. The number of aromatic nitrogens is 2. The fraction of sp³-hybridized carbons (Fsp3) is 0.750. The Morgan fingerprint density at radius 1 is 1.36 bits per heavy atom. The van der Waals surface area contributed by atoms with Crippen LogP contribution in [-0.2, 0) is 6.54 Å². The Morgan fingerprint density at radius 3 is 2.82 bits per heavy atom. The van der Waals surface area contributed by atoms with Crippen molar-refractivity contribution in [3.05, 3.63) is 18.0 Å². The van der Waals surface area contributed by atoms with Crippen molar-refractivity contribution in [2.45, 2.75) is 63.8 Å². The summed E-state index contributed by atoms with van der Waals surface area (Å²) in [5.41, 5.74) is 0.567. The fourth-order valence-corrected chi connectivity index (χ4v) is 3.69. The molecule has 122 valence electrons. The number of nitrogens with one attached hydrogen (secondary N) is 1. The lowest BCUT2D eigenvalue weighted by Crippen LogP contribution is -2.56. The maximum Gasteiger partial charge on any atom is 0.254 e. The first kappa shape index (κ1) is 15.5. The third kappa shape index (κ3) is 3.17. The predicted octanol–water partition coefficient (Wildman–Crippen LogP) is 1.01. The smallest absolute Gasteiger partial charge is 0.254 e. The van der Waals surface area contributed by atoms with Crippen LogP contribution in [0.3, 0.4) is 0 Å². The average molecular weight is 306 g/mol. The highest BCUT2D eigenvalue weighted by Crippen LogP contribution is 2.26. The first-order chi connectivity index (χ1) is 10.7. The number of aryl methyl sites for hydroxylation is 1. The van der Waals surface area contributed by atoms with Gasteiger partial charge >= 0.3 is 0 Å². The molecule has 2 fully saturated rings. The van der Waals surface area contributed by atoms with E-state index in [1.54, 1.807) is 17.1 Å². The summed E-state index contributed by atoms with van der Waals surface area (Å²) < 4.78 is 1.74. The molecule has 1 amide bonds. The van der Waals surface area contributed by atoms with Crippen molar-refractivity contribution in [1.29, 1.82) is 0 Å². The summed E-state index contributed by atoms with van der Waals surface area (Å²) in [6, 6.07) is 0.0386. The molecule has 6 nitrogen and oxygen atoms in total. The van der Waals surface area contributed by atoms with Crippen molar-refractivity contribution in [3.8, 4) is 0 Å². The normalized spacial score (nSPS) is 29.6. The van der Waals surface area contributed by atoms with Crippen LogP contribution in [0, 0.1) is 0 Å². The molecule has 2 heterocycles. The Balaban J connectivity index is 1.62. The summed E-state index contributed by atoms with van der Waals surface area (Å²) in [5, 5.41) is 17.8. The van der Waals surface area contributed by atoms with E-state index in [4.69, 9.17) is 0 Å². The molecule has 1 aromatic heterocycles. The van der Waals surface area contributed by atoms with Crippen LogP contribution in [0.4, 0.5) is 0 Å². The van der Waals surface area contributed by atoms with Gasteiger partial charge in [0.15, 0.2) is 0 Å². The summed E-state index contributed by atoms with van der Waals surface area (Å²) in [6.45, 7) is 4.88. The largest absolute Gasteiger partial charge is 0.389 e. The van der Waals surface area contributed by atoms with Crippen LogP contribution < -0.4 is 5.32 Å². The van der Waals surface area contributed by atoms with E-state index in [0.717, 1.165) is 38.9 Å². The minimum atomic E-state index is -0.475. The topological polar surface area (TPSA) is 70.4 Å². The van der Waals surface area contributed by atoms with Crippen molar-refractivity contribution < 1.29 is 9.90 Å². The summed E-state index contributed by atoms with van der Waals surface area (Å²) >= 11 is 0. The van der Waals surface area contributed by atoms with Gasteiger partial charge in [-0.3, -0.25) is 14.4 Å². The average Bonchev–Trinajstić information content (AvgIpc) is 3.20. The molecule has 1 aliphatic carbocycles. The lowest BCUT2D eigenvalue weighted by Gasteiger charge is -2.40. The molecule has 1 saturated heterocycles. The standard InChI is InChI=1S/C16H26N4O2/c1-2-20-11-12(10-17-20)16(22)18-13-6-5-7-14(15(13)21)19-8-3-4-9-19/h10-11,13-15,21H,2-9H2,1H3,(H,18,22)/t13-,14-,15-/m1/s1. The van der Waals surface area contributed by atoms with E-state index in [1.807, 2.05) is 6.92 Å². The van der Waals surface area contributed by atoms with Crippen molar-refractivity contribution in [2.75, 3.05) is 13.1 Å². The van der Waals surface area contributed by atoms with Crippen molar-refractivity contribution in [3.63, 3.8) is 0 Å². The molecule has 3 rings (SSSR count). The number of aliphatic hydroxyl groups is 1. The number of nitrogens with zero attached hydrogens (tertiary/aromatic N) is 3.